The fourth-order valence-corrected chi connectivity index (χ4v) is 6.22. The van der Waals surface area contributed by atoms with E-state index in [1.165, 1.54) is 57.6 Å². The van der Waals surface area contributed by atoms with Gasteiger partial charge < -0.3 is 29.2 Å². The molecule has 3 aromatic rings. The lowest BCUT2D eigenvalue weighted by atomic mass is 10.1. The average molecular weight is 642 g/mol. The highest BCUT2D eigenvalue weighted by molar-refractivity contribution is 7.92. The summed E-state index contributed by atoms with van der Waals surface area (Å²) < 4.78 is 51.4. The van der Waals surface area contributed by atoms with Gasteiger partial charge in [-0.15, -0.1) is 0 Å². The quantitative estimate of drug-likeness (QED) is 0.242. The van der Waals surface area contributed by atoms with Gasteiger partial charge in [-0.3, -0.25) is 13.9 Å². The Balaban J connectivity index is 2.18. The van der Waals surface area contributed by atoms with Gasteiger partial charge in [0.2, 0.25) is 11.8 Å². The van der Waals surface area contributed by atoms with Crippen molar-refractivity contribution in [2.75, 3.05) is 45.8 Å². The van der Waals surface area contributed by atoms with E-state index < -0.39 is 28.5 Å². The molecule has 1 N–H and O–H groups in total. The van der Waals surface area contributed by atoms with Crippen LogP contribution in [0.5, 0.6) is 23.0 Å². The molecule has 0 aliphatic carbocycles. The predicted octanol–water partition coefficient (Wildman–Crippen LogP) is 4.56. The van der Waals surface area contributed by atoms with Crippen molar-refractivity contribution in [3.63, 3.8) is 0 Å². The van der Waals surface area contributed by atoms with Crippen molar-refractivity contribution < 1.29 is 37.0 Å². The Labute approximate surface area is 266 Å². The summed E-state index contributed by atoms with van der Waals surface area (Å²) in [5, 5.41) is 2.88. The number of anilines is 1. The van der Waals surface area contributed by atoms with Gasteiger partial charge in [0, 0.05) is 25.2 Å². The second-order valence-electron chi connectivity index (χ2n) is 10.3. The number of rotatable bonds is 16. The lowest BCUT2D eigenvalue weighted by Crippen LogP contribution is -2.52. The maximum absolute atomic E-state index is 14.4. The van der Waals surface area contributed by atoms with E-state index in [0.717, 1.165) is 21.9 Å². The van der Waals surface area contributed by atoms with E-state index in [4.69, 9.17) is 18.9 Å². The van der Waals surface area contributed by atoms with E-state index in [1.807, 2.05) is 45.0 Å². The molecule has 0 saturated heterocycles. The number of sulfonamides is 1. The van der Waals surface area contributed by atoms with Crippen LogP contribution in [0.25, 0.3) is 0 Å². The maximum Gasteiger partial charge on any atom is 0.265 e. The van der Waals surface area contributed by atoms with Crippen LogP contribution in [0.3, 0.4) is 0 Å². The highest BCUT2D eigenvalue weighted by Crippen LogP contribution is 2.38. The molecule has 0 aliphatic rings. The largest absolute Gasteiger partial charge is 0.497 e. The Hall–Kier alpha value is -4.45. The summed E-state index contributed by atoms with van der Waals surface area (Å²) in [6.07, 6.45) is 1.04. The number of nitrogens with zero attached hydrogens (tertiary/aromatic N) is 2. The lowest BCUT2D eigenvalue weighted by Gasteiger charge is -2.33. The summed E-state index contributed by atoms with van der Waals surface area (Å²) in [5.74, 6) is 0.197. The van der Waals surface area contributed by atoms with E-state index in [9.17, 15) is 18.0 Å². The first kappa shape index (κ1) is 35.0. The van der Waals surface area contributed by atoms with Crippen LogP contribution < -0.4 is 28.6 Å². The van der Waals surface area contributed by atoms with Gasteiger partial charge in [-0.25, -0.2) is 8.42 Å². The van der Waals surface area contributed by atoms with Crippen LogP contribution >= 0.6 is 0 Å². The third-order valence-corrected chi connectivity index (χ3v) is 9.04. The number of carbonyl (C=O) groups is 2. The SMILES string of the molecule is CCCNC(=O)[C@H](CC)N(Cc1ccc(C)cc1)C(=O)CN(c1cc(OC)ccc1OC)S(=O)(=O)c1ccc(OC)c(OC)c1. The van der Waals surface area contributed by atoms with E-state index in [1.54, 1.807) is 12.1 Å². The van der Waals surface area contributed by atoms with Crippen molar-refractivity contribution >= 4 is 27.5 Å². The number of carbonyl (C=O) groups excluding carboxylic acids is 2. The van der Waals surface area contributed by atoms with Crippen LogP contribution in [-0.2, 0) is 26.2 Å². The molecule has 0 spiro atoms. The molecule has 3 rings (SSSR count). The first-order chi connectivity index (χ1) is 21.5. The van der Waals surface area contributed by atoms with Gasteiger partial charge in [-0.05, 0) is 49.6 Å². The highest BCUT2D eigenvalue weighted by Gasteiger charge is 2.35. The van der Waals surface area contributed by atoms with Crippen LogP contribution in [-0.4, -0.2) is 72.7 Å². The number of nitrogens with one attached hydrogen (secondary N) is 1. The van der Waals surface area contributed by atoms with Crippen molar-refractivity contribution in [2.45, 2.75) is 51.1 Å². The molecule has 3 aromatic carbocycles. The zero-order chi connectivity index (χ0) is 33.1. The Kier molecular flexibility index (Phi) is 12.5. The molecule has 0 aromatic heterocycles. The first-order valence-corrected chi connectivity index (χ1v) is 16.1. The normalized spacial score (nSPS) is 11.7. The molecule has 0 saturated carbocycles. The summed E-state index contributed by atoms with van der Waals surface area (Å²) in [7, 11) is 1.28. The molecule has 45 heavy (non-hydrogen) atoms. The van der Waals surface area contributed by atoms with Crippen molar-refractivity contribution in [3.05, 3.63) is 71.8 Å². The summed E-state index contributed by atoms with van der Waals surface area (Å²) in [6.45, 7) is 5.62. The molecular weight excluding hydrogens is 598 g/mol. The van der Waals surface area contributed by atoms with Gasteiger partial charge in [0.15, 0.2) is 11.5 Å². The third-order valence-electron chi connectivity index (χ3n) is 7.29. The molecule has 0 unspecified atom stereocenters. The van der Waals surface area contributed by atoms with Crippen LogP contribution in [0.1, 0.15) is 37.8 Å². The van der Waals surface area contributed by atoms with E-state index in [2.05, 4.69) is 5.32 Å². The minimum absolute atomic E-state index is 0.0822. The van der Waals surface area contributed by atoms with Crippen molar-refractivity contribution in [1.82, 2.24) is 10.2 Å². The molecule has 12 heteroatoms. The second kappa shape index (κ2) is 16.0. The standard InChI is InChI=1S/C33H43N3O8S/c1-8-18-34-33(38)27(9-2)35(21-24-12-10-23(3)11-13-24)32(37)22-36(28-19-25(41-4)14-16-29(28)42-5)45(39,40)26-15-17-30(43-6)31(20-26)44-7/h10-17,19-20,27H,8-9,18,21-22H2,1-7H3,(H,34,38)/t27-/m0/s1. The minimum atomic E-state index is -4.43. The Morgan fingerprint density at radius 2 is 1.47 bits per heavy atom. The van der Waals surface area contributed by atoms with Gasteiger partial charge in [-0.1, -0.05) is 43.7 Å². The predicted molar refractivity (Wildman–Crippen MR) is 173 cm³/mol. The molecule has 0 radical (unpaired) electrons. The second-order valence-corrected chi connectivity index (χ2v) is 12.2. The van der Waals surface area contributed by atoms with Gasteiger partial charge >= 0.3 is 0 Å². The third kappa shape index (κ3) is 8.39. The van der Waals surface area contributed by atoms with Crippen LogP contribution in [0.15, 0.2) is 65.6 Å². The summed E-state index contributed by atoms with van der Waals surface area (Å²) in [4.78, 5) is 29.0. The van der Waals surface area contributed by atoms with Gasteiger partial charge in [0.25, 0.3) is 10.0 Å². The molecule has 0 bridgehead atoms. The zero-order valence-electron chi connectivity index (χ0n) is 27.0. The number of ether oxygens (including phenoxy) is 4. The summed E-state index contributed by atoms with van der Waals surface area (Å²) >= 11 is 0. The number of methoxy groups -OCH3 is 4. The van der Waals surface area contributed by atoms with Crippen LogP contribution in [0.4, 0.5) is 5.69 Å². The Bertz CT molecular complexity index is 1560. The molecule has 244 valence electrons. The number of hydrogen-bond donors (Lipinski definition) is 1. The molecule has 11 nitrogen and oxygen atoms in total. The average Bonchev–Trinajstić information content (AvgIpc) is 3.05. The topological polar surface area (TPSA) is 124 Å². The first-order valence-electron chi connectivity index (χ1n) is 14.6. The monoisotopic (exact) mass is 641 g/mol. The fourth-order valence-electron chi connectivity index (χ4n) is 4.78. The molecule has 0 heterocycles. The van der Waals surface area contributed by atoms with Crippen molar-refractivity contribution in [2.24, 2.45) is 0 Å². The van der Waals surface area contributed by atoms with Crippen LogP contribution in [0, 0.1) is 6.92 Å². The summed E-state index contributed by atoms with van der Waals surface area (Å²) in [6, 6.07) is 15.6. The summed E-state index contributed by atoms with van der Waals surface area (Å²) in [5.41, 5.74) is 1.92. The zero-order valence-corrected chi connectivity index (χ0v) is 27.8. The number of benzene rings is 3. The molecule has 2 amide bonds. The Morgan fingerprint density at radius 1 is 0.822 bits per heavy atom. The van der Waals surface area contributed by atoms with Crippen LogP contribution in [0.2, 0.25) is 0 Å². The maximum atomic E-state index is 14.4. The minimum Gasteiger partial charge on any atom is -0.497 e. The number of amides is 2. The van der Waals surface area contributed by atoms with E-state index in [-0.39, 0.29) is 34.5 Å². The molecule has 1 atom stereocenters. The Morgan fingerprint density at radius 3 is 2.04 bits per heavy atom. The van der Waals surface area contributed by atoms with Gasteiger partial charge in [-0.2, -0.15) is 0 Å². The van der Waals surface area contributed by atoms with E-state index >= 15 is 0 Å². The van der Waals surface area contributed by atoms with Crippen molar-refractivity contribution in [1.29, 1.82) is 0 Å². The smallest absolute Gasteiger partial charge is 0.265 e. The highest BCUT2D eigenvalue weighted by atomic mass is 32.2. The van der Waals surface area contributed by atoms with E-state index in [0.29, 0.717) is 24.5 Å². The number of aryl methyl sites for hydroxylation is 1. The van der Waals surface area contributed by atoms with Gasteiger partial charge in [0.1, 0.15) is 24.1 Å². The van der Waals surface area contributed by atoms with Crippen molar-refractivity contribution in [3.8, 4) is 23.0 Å². The number of hydrogen-bond acceptors (Lipinski definition) is 8. The molecular formula is C33H43N3O8S. The molecule has 0 aliphatic heterocycles. The lowest BCUT2D eigenvalue weighted by molar-refractivity contribution is -0.140. The fraction of sp³-hybridized carbons (Fsp3) is 0.394. The van der Waals surface area contributed by atoms with Gasteiger partial charge in [0.05, 0.1) is 39.0 Å². The molecule has 0 fully saturated rings.